The fourth-order valence-corrected chi connectivity index (χ4v) is 2.30. The molecule has 0 radical (unpaired) electrons. The van der Waals surface area contributed by atoms with Crippen molar-refractivity contribution in [2.45, 2.75) is 32.3 Å². The first kappa shape index (κ1) is 13.7. The van der Waals surface area contributed by atoms with Gasteiger partial charge in [0.2, 0.25) is 5.78 Å². The second-order valence-corrected chi connectivity index (χ2v) is 4.53. The number of benzene rings is 1. The van der Waals surface area contributed by atoms with Crippen LogP contribution in [0.1, 0.15) is 37.2 Å². The molecule has 0 amide bonds. The van der Waals surface area contributed by atoms with E-state index in [-0.39, 0.29) is 17.4 Å². The highest BCUT2D eigenvalue weighted by atomic mass is 19.1. The second kappa shape index (κ2) is 5.13. The number of ether oxygens (including phenoxy) is 1. The minimum absolute atomic E-state index is 0.198. The number of hydrogen-bond acceptors (Lipinski definition) is 3. The predicted molar refractivity (Wildman–Crippen MR) is 70.8 cm³/mol. The molecule has 0 bridgehead atoms. The van der Waals surface area contributed by atoms with Crippen molar-refractivity contribution >= 4 is 16.8 Å². The van der Waals surface area contributed by atoms with Crippen molar-refractivity contribution in [1.82, 2.24) is 0 Å². The molecule has 1 heterocycles. The molecule has 0 saturated carbocycles. The molecule has 2 rings (SSSR count). The molecule has 0 fully saturated rings. The van der Waals surface area contributed by atoms with Crippen molar-refractivity contribution in [2.75, 3.05) is 7.11 Å². The lowest BCUT2D eigenvalue weighted by molar-refractivity contribution is -0.00450. The molecule has 3 nitrogen and oxygen atoms in total. The summed E-state index contributed by atoms with van der Waals surface area (Å²) in [6.07, 6.45) is 1.12. The minimum atomic E-state index is -0.869. The van der Waals surface area contributed by atoms with E-state index in [0.717, 1.165) is 0 Å². The second-order valence-electron chi connectivity index (χ2n) is 4.53. The highest BCUT2D eigenvalue weighted by molar-refractivity contribution is 6.03. The first-order valence-electron chi connectivity index (χ1n) is 6.35. The lowest BCUT2D eigenvalue weighted by Gasteiger charge is -2.27. The molecule has 0 aliphatic rings. The van der Waals surface area contributed by atoms with Crippen LogP contribution >= 0.6 is 0 Å². The molecule has 2 aromatic rings. The first-order chi connectivity index (χ1) is 9.06. The van der Waals surface area contributed by atoms with Gasteiger partial charge in [0.1, 0.15) is 17.0 Å². The van der Waals surface area contributed by atoms with Gasteiger partial charge >= 0.3 is 0 Å². The van der Waals surface area contributed by atoms with Crippen molar-refractivity contribution in [3.63, 3.8) is 0 Å². The van der Waals surface area contributed by atoms with E-state index in [1.165, 1.54) is 25.3 Å². The van der Waals surface area contributed by atoms with Crippen molar-refractivity contribution in [3.8, 4) is 0 Å². The number of carbonyl (C=O) groups excluding carboxylic acids is 1. The maximum Gasteiger partial charge on any atom is 0.229 e. The van der Waals surface area contributed by atoms with Gasteiger partial charge in [0.15, 0.2) is 5.76 Å². The van der Waals surface area contributed by atoms with Crippen LogP contribution in [0.3, 0.4) is 0 Å². The average molecular weight is 264 g/mol. The third kappa shape index (κ3) is 2.28. The van der Waals surface area contributed by atoms with Crippen LogP contribution < -0.4 is 0 Å². The highest BCUT2D eigenvalue weighted by Gasteiger charge is 2.37. The molecule has 0 aliphatic carbocycles. The zero-order valence-corrected chi connectivity index (χ0v) is 11.3. The lowest BCUT2D eigenvalue weighted by atomic mass is 9.90. The van der Waals surface area contributed by atoms with Gasteiger partial charge in [-0.05, 0) is 37.1 Å². The van der Waals surface area contributed by atoms with Crippen molar-refractivity contribution < 1.29 is 18.3 Å². The number of methoxy groups -OCH3 is 1. The maximum atomic E-state index is 13.1. The molecular weight excluding hydrogens is 247 g/mol. The van der Waals surface area contributed by atoms with Gasteiger partial charge in [-0.25, -0.2) is 4.39 Å². The number of rotatable bonds is 5. The van der Waals surface area contributed by atoms with E-state index >= 15 is 0 Å². The van der Waals surface area contributed by atoms with E-state index in [2.05, 4.69) is 0 Å². The smallest absolute Gasteiger partial charge is 0.229 e. The standard InChI is InChI=1S/C15H17FO3/c1-4-15(5-2,18-3)14(17)13-9-10-8-11(16)6-7-12(10)19-13/h6-9H,4-5H2,1-3H3. The Bertz CT molecular complexity index is 588. The summed E-state index contributed by atoms with van der Waals surface area (Å²) in [7, 11) is 1.52. The molecule has 102 valence electrons. The topological polar surface area (TPSA) is 39.4 Å². The largest absolute Gasteiger partial charge is 0.453 e. The van der Waals surface area contributed by atoms with Gasteiger partial charge in [-0.3, -0.25) is 4.79 Å². The summed E-state index contributed by atoms with van der Waals surface area (Å²) in [5.74, 6) is -0.334. The molecule has 0 saturated heterocycles. The number of fused-ring (bicyclic) bond motifs is 1. The molecule has 0 aliphatic heterocycles. The van der Waals surface area contributed by atoms with Gasteiger partial charge in [-0.15, -0.1) is 0 Å². The summed E-state index contributed by atoms with van der Waals surface area (Å²) in [6.45, 7) is 3.79. The minimum Gasteiger partial charge on any atom is -0.453 e. The Morgan fingerprint density at radius 2 is 2.00 bits per heavy atom. The molecule has 1 aromatic carbocycles. The van der Waals surface area contributed by atoms with E-state index in [4.69, 9.17) is 9.15 Å². The van der Waals surface area contributed by atoms with Gasteiger partial charge in [-0.1, -0.05) is 13.8 Å². The van der Waals surface area contributed by atoms with E-state index in [1.807, 2.05) is 13.8 Å². The molecule has 1 aromatic heterocycles. The summed E-state index contributed by atoms with van der Waals surface area (Å²) < 4.78 is 24.0. The summed E-state index contributed by atoms with van der Waals surface area (Å²) in [5, 5.41) is 0.584. The maximum absolute atomic E-state index is 13.1. The van der Waals surface area contributed by atoms with Crippen molar-refractivity contribution in [2.24, 2.45) is 0 Å². The van der Waals surface area contributed by atoms with Gasteiger partial charge in [-0.2, -0.15) is 0 Å². The van der Waals surface area contributed by atoms with E-state index in [9.17, 15) is 9.18 Å². The van der Waals surface area contributed by atoms with Gasteiger partial charge in [0.05, 0.1) is 0 Å². The van der Waals surface area contributed by atoms with E-state index < -0.39 is 5.60 Å². The number of ketones is 1. The van der Waals surface area contributed by atoms with Gasteiger partial charge < -0.3 is 9.15 Å². The Kier molecular flexibility index (Phi) is 3.71. The van der Waals surface area contributed by atoms with Gasteiger partial charge in [0, 0.05) is 12.5 Å². The Balaban J connectivity index is 2.46. The van der Waals surface area contributed by atoms with Crippen LogP contribution in [0, 0.1) is 5.82 Å². The predicted octanol–water partition coefficient (Wildman–Crippen LogP) is 3.96. The van der Waals surface area contributed by atoms with Crippen LogP contribution in [0.5, 0.6) is 0 Å². The van der Waals surface area contributed by atoms with Crippen LogP contribution in [-0.2, 0) is 4.74 Å². The molecular formula is C15H17FO3. The SMILES string of the molecule is CCC(CC)(OC)C(=O)c1cc2cc(F)ccc2o1. The first-order valence-corrected chi connectivity index (χ1v) is 6.35. The van der Waals surface area contributed by atoms with E-state index in [0.29, 0.717) is 23.8 Å². The monoisotopic (exact) mass is 264 g/mol. The van der Waals surface area contributed by atoms with Crippen LogP contribution in [0.25, 0.3) is 11.0 Å². The third-order valence-corrected chi connectivity index (χ3v) is 3.65. The van der Waals surface area contributed by atoms with Crippen molar-refractivity contribution in [1.29, 1.82) is 0 Å². The number of furan rings is 1. The Labute approximate surface area is 111 Å². The van der Waals surface area contributed by atoms with E-state index in [1.54, 1.807) is 6.07 Å². The zero-order valence-electron chi connectivity index (χ0n) is 11.3. The van der Waals surface area contributed by atoms with Crippen LogP contribution in [-0.4, -0.2) is 18.5 Å². The fourth-order valence-electron chi connectivity index (χ4n) is 2.30. The third-order valence-electron chi connectivity index (χ3n) is 3.65. The Hall–Kier alpha value is -1.68. The quantitative estimate of drug-likeness (QED) is 0.767. The Morgan fingerprint density at radius 1 is 1.32 bits per heavy atom. The summed E-state index contributed by atoms with van der Waals surface area (Å²) in [4.78, 5) is 12.5. The average Bonchev–Trinajstić information content (AvgIpc) is 2.84. The molecule has 0 atom stereocenters. The highest BCUT2D eigenvalue weighted by Crippen LogP contribution is 2.28. The number of halogens is 1. The molecule has 0 unspecified atom stereocenters. The summed E-state index contributed by atoms with van der Waals surface area (Å²) in [6, 6.07) is 5.75. The summed E-state index contributed by atoms with van der Waals surface area (Å²) in [5.41, 5.74) is -0.367. The summed E-state index contributed by atoms with van der Waals surface area (Å²) >= 11 is 0. The van der Waals surface area contributed by atoms with Crippen LogP contribution in [0.2, 0.25) is 0 Å². The van der Waals surface area contributed by atoms with Crippen molar-refractivity contribution in [3.05, 3.63) is 35.8 Å². The van der Waals surface area contributed by atoms with Crippen LogP contribution in [0.4, 0.5) is 4.39 Å². The molecule has 19 heavy (non-hydrogen) atoms. The zero-order chi connectivity index (χ0) is 14.0. The number of hydrogen-bond donors (Lipinski definition) is 0. The Morgan fingerprint density at radius 3 is 2.58 bits per heavy atom. The van der Waals surface area contributed by atoms with Crippen LogP contribution in [0.15, 0.2) is 28.7 Å². The molecule has 0 spiro atoms. The molecule has 0 N–H and O–H groups in total. The normalized spacial score (nSPS) is 12.0. The van der Waals surface area contributed by atoms with Gasteiger partial charge in [0.25, 0.3) is 0 Å². The number of Topliss-reactive ketones (excluding diaryl/α,β-unsaturated/α-hetero) is 1. The lowest BCUT2D eigenvalue weighted by Crippen LogP contribution is -2.39. The number of carbonyl (C=O) groups is 1. The molecule has 4 heteroatoms. The fraction of sp³-hybridized carbons (Fsp3) is 0.400.